The van der Waals surface area contributed by atoms with E-state index in [2.05, 4.69) is 102 Å². The van der Waals surface area contributed by atoms with Gasteiger partial charge in [-0.05, 0) is 69.8 Å². The first-order valence-corrected chi connectivity index (χ1v) is 13.1. The molecule has 184 valence electrons. The van der Waals surface area contributed by atoms with Crippen LogP contribution in [0.4, 0.5) is 0 Å². The highest BCUT2D eigenvalue weighted by Gasteiger charge is 2.47. The molecule has 0 saturated heterocycles. The molecule has 39 heavy (non-hydrogen) atoms. The van der Waals surface area contributed by atoms with E-state index >= 15 is 0 Å². The number of para-hydroxylation sites is 1. The van der Waals surface area contributed by atoms with Gasteiger partial charge >= 0.3 is 0 Å². The van der Waals surface area contributed by atoms with Gasteiger partial charge in [0.15, 0.2) is 23.0 Å². The molecule has 3 nitrogen and oxygen atoms in total. The minimum Gasteiger partial charge on any atom is -0.449 e. The van der Waals surface area contributed by atoms with E-state index in [9.17, 15) is 0 Å². The summed E-state index contributed by atoms with van der Waals surface area (Å²) >= 11 is 0. The van der Waals surface area contributed by atoms with Crippen molar-refractivity contribution in [2.75, 3.05) is 0 Å². The van der Waals surface area contributed by atoms with Gasteiger partial charge in [-0.1, -0.05) is 97.1 Å². The summed E-state index contributed by atoms with van der Waals surface area (Å²) in [5.41, 5.74) is 8.51. The Kier molecular flexibility index (Phi) is 4.74. The zero-order valence-electron chi connectivity index (χ0n) is 21.0. The van der Waals surface area contributed by atoms with E-state index in [0.717, 1.165) is 16.8 Å². The van der Waals surface area contributed by atoms with E-state index < -0.39 is 5.41 Å². The fraction of sp³-hybridized carbons (Fsp3) is 0.0278. The van der Waals surface area contributed by atoms with Crippen LogP contribution in [0.25, 0.3) is 22.4 Å². The Labute approximate surface area is 227 Å². The number of hydrogen-bond donors (Lipinski definition) is 0. The van der Waals surface area contributed by atoms with E-state index in [1.165, 1.54) is 27.8 Å². The molecule has 6 aromatic rings. The highest BCUT2D eigenvalue weighted by molar-refractivity contribution is 5.88. The Morgan fingerprint density at radius 2 is 1.13 bits per heavy atom. The van der Waals surface area contributed by atoms with Crippen LogP contribution in [0.15, 0.2) is 140 Å². The quantitative estimate of drug-likeness (QED) is 0.242. The lowest BCUT2D eigenvalue weighted by molar-refractivity contribution is 0.360. The molecular weight excluding hydrogens is 478 g/mol. The van der Waals surface area contributed by atoms with E-state index in [4.69, 9.17) is 9.47 Å². The third-order valence-corrected chi connectivity index (χ3v) is 7.87. The second-order valence-corrected chi connectivity index (χ2v) is 9.92. The summed E-state index contributed by atoms with van der Waals surface area (Å²) in [6.45, 7) is 0. The molecular formula is C36H23NO2. The molecule has 0 atom stereocenters. The normalized spacial score (nSPS) is 13.7. The van der Waals surface area contributed by atoms with Crippen LogP contribution in [-0.2, 0) is 5.41 Å². The molecule has 0 saturated carbocycles. The maximum absolute atomic E-state index is 6.62. The van der Waals surface area contributed by atoms with Crippen molar-refractivity contribution < 1.29 is 9.47 Å². The Morgan fingerprint density at radius 1 is 0.462 bits per heavy atom. The predicted octanol–water partition coefficient (Wildman–Crippen LogP) is 9.01. The van der Waals surface area contributed by atoms with Gasteiger partial charge in [0.1, 0.15) is 0 Å². The number of pyridine rings is 1. The van der Waals surface area contributed by atoms with Crippen LogP contribution >= 0.6 is 0 Å². The standard InChI is InChI=1S/C36H23NO2/c1-3-12-24(13-4-1)36(25-14-5-2-6-15-25)29-18-8-7-16-26(29)28-22-33-34(23-30(28)36)38-32-20-11-17-27(35(32)39-33)31-19-9-10-21-37-31/h1-23H. The van der Waals surface area contributed by atoms with Gasteiger partial charge in [0.2, 0.25) is 0 Å². The molecule has 2 aliphatic rings. The SMILES string of the molecule is c1ccc(C2(c3ccccc3)c3ccccc3-c3cc4c(cc32)Oc2cccc(-c3ccccn3)c2O4)cc1. The lowest BCUT2D eigenvalue weighted by Gasteiger charge is -2.34. The number of fused-ring (bicyclic) bond motifs is 5. The van der Waals surface area contributed by atoms with Crippen molar-refractivity contribution in [1.29, 1.82) is 0 Å². The largest absolute Gasteiger partial charge is 0.449 e. The number of benzene rings is 5. The first-order valence-electron chi connectivity index (χ1n) is 13.1. The zero-order chi connectivity index (χ0) is 25.8. The lowest BCUT2D eigenvalue weighted by Crippen LogP contribution is -2.28. The molecule has 0 spiro atoms. The Bertz CT molecular complexity index is 1810. The maximum Gasteiger partial charge on any atom is 0.179 e. The topological polar surface area (TPSA) is 31.4 Å². The molecule has 0 fully saturated rings. The van der Waals surface area contributed by atoms with Gasteiger partial charge in [0.05, 0.1) is 11.1 Å². The number of hydrogen-bond acceptors (Lipinski definition) is 3. The molecule has 1 aromatic heterocycles. The van der Waals surface area contributed by atoms with Crippen molar-refractivity contribution in [1.82, 2.24) is 4.98 Å². The van der Waals surface area contributed by atoms with Crippen molar-refractivity contribution in [2.45, 2.75) is 5.41 Å². The van der Waals surface area contributed by atoms with E-state index in [1.54, 1.807) is 6.20 Å². The fourth-order valence-corrected chi connectivity index (χ4v) is 6.26. The van der Waals surface area contributed by atoms with Crippen LogP contribution in [0.3, 0.4) is 0 Å². The molecule has 0 amide bonds. The first-order chi connectivity index (χ1) is 19.3. The summed E-state index contributed by atoms with van der Waals surface area (Å²) in [6, 6.07) is 46.4. The van der Waals surface area contributed by atoms with Gasteiger partial charge in [0.25, 0.3) is 0 Å². The summed E-state index contributed by atoms with van der Waals surface area (Å²) in [4.78, 5) is 4.55. The third-order valence-electron chi connectivity index (χ3n) is 7.87. The Morgan fingerprint density at radius 3 is 1.87 bits per heavy atom. The van der Waals surface area contributed by atoms with Crippen molar-refractivity contribution >= 4 is 0 Å². The summed E-state index contributed by atoms with van der Waals surface area (Å²) < 4.78 is 13.2. The second-order valence-electron chi connectivity index (χ2n) is 9.92. The molecule has 2 heterocycles. The van der Waals surface area contributed by atoms with Gasteiger partial charge in [-0.15, -0.1) is 0 Å². The molecule has 0 bridgehead atoms. The Hall–Kier alpha value is -5.15. The van der Waals surface area contributed by atoms with Gasteiger partial charge in [-0.25, -0.2) is 0 Å². The predicted molar refractivity (Wildman–Crippen MR) is 154 cm³/mol. The smallest absolute Gasteiger partial charge is 0.179 e. The van der Waals surface area contributed by atoms with Crippen LogP contribution < -0.4 is 9.47 Å². The van der Waals surface area contributed by atoms with Crippen LogP contribution in [0.2, 0.25) is 0 Å². The van der Waals surface area contributed by atoms with Crippen molar-refractivity contribution in [3.05, 3.63) is 162 Å². The van der Waals surface area contributed by atoms with Crippen molar-refractivity contribution in [2.24, 2.45) is 0 Å². The van der Waals surface area contributed by atoms with E-state index in [1.807, 2.05) is 36.4 Å². The highest BCUT2D eigenvalue weighted by Crippen LogP contribution is 2.60. The number of ether oxygens (including phenoxy) is 2. The third kappa shape index (κ3) is 3.14. The molecule has 1 aliphatic heterocycles. The van der Waals surface area contributed by atoms with Crippen LogP contribution in [0, 0.1) is 0 Å². The summed E-state index contributed by atoms with van der Waals surface area (Å²) in [5.74, 6) is 2.79. The molecule has 1 aliphatic carbocycles. The van der Waals surface area contributed by atoms with Gasteiger partial charge < -0.3 is 9.47 Å². The van der Waals surface area contributed by atoms with Crippen LogP contribution in [-0.4, -0.2) is 4.98 Å². The summed E-state index contributed by atoms with van der Waals surface area (Å²) in [7, 11) is 0. The molecule has 0 radical (unpaired) electrons. The molecule has 0 N–H and O–H groups in total. The van der Waals surface area contributed by atoms with E-state index in [-0.39, 0.29) is 0 Å². The summed E-state index contributed by atoms with van der Waals surface area (Å²) in [5, 5.41) is 0. The van der Waals surface area contributed by atoms with Crippen LogP contribution in [0.1, 0.15) is 22.3 Å². The number of nitrogens with zero attached hydrogens (tertiary/aromatic N) is 1. The Balaban J connectivity index is 1.38. The molecule has 0 unspecified atom stereocenters. The minimum atomic E-state index is -0.483. The van der Waals surface area contributed by atoms with Crippen LogP contribution in [0.5, 0.6) is 23.0 Å². The average Bonchev–Trinajstić information content (AvgIpc) is 3.30. The first kappa shape index (κ1) is 21.9. The summed E-state index contributed by atoms with van der Waals surface area (Å²) in [6.07, 6.45) is 1.79. The minimum absolute atomic E-state index is 0.483. The monoisotopic (exact) mass is 501 g/mol. The zero-order valence-corrected chi connectivity index (χ0v) is 21.0. The van der Waals surface area contributed by atoms with Gasteiger partial charge in [0, 0.05) is 11.8 Å². The van der Waals surface area contributed by atoms with Gasteiger partial charge in [-0.3, -0.25) is 4.98 Å². The highest BCUT2D eigenvalue weighted by atomic mass is 16.6. The fourth-order valence-electron chi connectivity index (χ4n) is 6.26. The molecule has 5 aromatic carbocycles. The van der Waals surface area contributed by atoms with Gasteiger partial charge in [-0.2, -0.15) is 0 Å². The average molecular weight is 502 g/mol. The number of rotatable bonds is 3. The molecule has 3 heteroatoms. The maximum atomic E-state index is 6.62. The van der Waals surface area contributed by atoms with Crippen molar-refractivity contribution in [3.8, 4) is 45.4 Å². The van der Waals surface area contributed by atoms with Crippen molar-refractivity contribution in [3.63, 3.8) is 0 Å². The lowest BCUT2D eigenvalue weighted by atomic mass is 9.67. The second kappa shape index (κ2) is 8.44. The van der Waals surface area contributed by atoms with E-state index in [0.29, 0.717) is 23.0 Å². The molecule has 8 rings (SSSR count). The number of aromatic nitrogens is 1.